The Morgan fingerprint density at radius 3 is 2.53 bits per heavy atom. The zero-order valence-electron chi connectivity index (χ0n) is 17.9. The van der Waals surface area contributed by atoms with Crippen molar-refractivity contribution in [1.29, 1.82) is 0 Å². The Morgan fingerprint density at radius 2 is 1.82 bits per heavy atom. The van der Waals surface area contributed by atoms with Crippen molar-refractivity contribution in [3.05, 3.63) is 89.8 Å². The predicted molar refractivity (Wildman–Crippen MR) is 149 cm³/mol. The molecule has 0 saturated carbocycles. The summed E-state index contributed by atoms with van der Waals surface area (Å²) in [7, 11) is 0. The number of rotatable bonds is 7. The Morgan fingerprint density at radius 1 is 1.09 bits per heavy atom. The Balaban J connectivity index is 1.60. The third-order valence-electron chi connectivity index (χ3n) is 4.81. The largest absolute Gasteiger partial charge is 0.490 e. The normalized spacial score (nSPS) is 14.7. The molecule has 0 spiro atoms. The number of carbonyl (C=O) groups is 2. The van der Waals surface area contributed by atoms with Crippen molar-refractivity contribution >= 4 is 84.8 Å². The summed E-state index contributed by atoms with van der Waals surface area (Å²) in [4.78, 5) is 27.0. The average Bonchev–Trinajstić information content (AvgIpc) is 3.07. The first kappa shape index (κ1) is 25.1. The monoisotopic (exact) mass is 669 g/mol. The lowest BCUT2D eigenvalue weighted by atomic mass is 10.1. The van der Waals surface area contributed by atoms with Crippen LogP contribution in [0, 0.1) is 3.57 Å². The molecule has 0 atom stereocenters. The molecule has 2 amide bonds. The Hall–Kier alpha value is -2.01. The second kappa shape index (κ2) is 11.2. The van der Waals surface area contributed by atoms with Crippen LogP contribution in [0.25, 0.3) is 6.08 Å². The lowest BCUT2D eigenvalue weighted by Gasteiger charge is -2.15. The van der Waals surface area contributed by atoms with Crippen LogP contribution >= 0.6 is 61.9 Å². The van der Waals surface area contributed by atoms with E-state index in [4.69, 9.17) is 21.1 Å². The van der Waals surface area contributed by atoms with E-state index in [1.165, 1.54) is 0 Å². The minimum atomic E-state index is -0.411. The van der Waals surface area contributed by atoms with Gasteiger partial charge in [-0.05, 0) is 94.9 Å². The van der Waals surface area contributed by atoms with E-state index in [-0.39, 0.29) is 0 Å². The smallest absolute Gasteiger partial charge is 0.298 e. The molecule has 5 nitrogen and oxygen atoms in total. The van der Waals surface area contributed by atoms with E-state index in [1.807, 2.05) is 43.3 Å². The third-order valence-corrected chi connectivity index (χ3v) is 7.33. The maximum Gasteiger partial charge on any atom is 0.298 e. The third kappa shape index (κ3) is 5.62. The Bertz CT molecular complexity index is 1280. The molecule has 3 aromatic rings. The van der Waals surface area contributed by atoms with Crippen molar-refractivity contribution in [2.24, 2.45) is 0 Å². The number of para-hydroxylation sites is 1. The molecule has 0 aliphatic carbocycles. The molecule has 4 rings (SSSR count). The number of ether oxygens (including phenoxy) is 2. The highest BCUT2D eigenvalue weighted by Gasteiger charge is 2.37. The number of hydrogen-bond donors (Lipinski definition) is 0. The molecule has 1 fully saturated rings. The fraction of sp³-hybridized carbons (Fsp3) is 0.120. The molecule has 1 aliphatic rings. The second-order valence-electron chi connectivity index (χ2n) is 7.15. The fourth-order valence-corrected chi connectivity index (χ4v) is 5.37. The number of thioether (sulfide) groups is 1. The molecule has 0 aromatic heterocycles. The van der Waals surface area contributed by atoms with E-state index in [1.54, 1.807) is 30.3 Å². The molecule has 0 unspecified atom stereocenters. The Labute approximate surface area is 228 Å². The van der Waals surface area contributed by atoms with Crippen LogP contribution < -0.4 is 14.4 Å². The van der Waals surface area contributed by atoms with Gasteiger partial charge in [-0.1, -0.05) is 51.8 Å². The van der Waals surface area contributed by atoms with Gasteiger partial charge in [0.05, 0.1) is 25.8 Å². The summed E-state index contributed by atoms with van der Waals surface area (Å²) in [5.41, 5.74) is 2.13. The van der Waals surface area contributed by atoms with E-state index in [0.29, 0.717) is 40.3 Å². The van der Waals surface area contributed by atoms with Gasteiger partial charge in [0.1, 0.15) is 6.61 Å². The molecule has 0 bridgehead atoms. The van der Waals surface area contributed by atoms with Gasteiger partial charge in [-0.2, -0.15) is 0 Å². The van der Waals surface area contributed by atoms with Crippen LogP contribution in [0.1, 0.15) is 18.1 Å². The summed E-state index contributed by atoms with van der Waals surface area (Å²) < 4.78 is 13.7. The maximum absolute atomic E-state index is 13.0. The number of benzene rings is 3. The van der Waals surface area contributed by atoms with Crippen molar-refractivity contribution in [2.45, 2.75) is 13.5 Å². The predicted octanol–water partition coefficient (Wildman–Crippen LogP) is 7.93. The van der Waals surface area contributed by atoms with E-state index in [2.05, 4.69) is 38.5 Å². The second-order valence-corrected chi connectivity index (χ2v) is 10.6. The van der Waals surface area contributed by atoms with Gasteiger partial charge in [0, 0.05) is 4.47 Å². The van der Waals surface area contributed by atoms with E-state index in [0.717, 1.165) is 35.8 Å². The summed E-state index contributed by atoms with van der Waals surface area (Å²) in [5.74, 6) is 0.793. The molecule has 0 N–H and O–H groups in total. The molecule has 1 heterocycles. The molecule has 34 heavy (non-hydrogen) atoms. The van der Waals surface area contributed by atoms with E-state index < -0.39 is 11.1 Å². The molecular formula is C25H18BrClINO4S. The van der Waals surface area contributed by atoms with Gasteiger partial charge in [0.25, 0.3) is 11.1 Å². The zero-order chi connectivity index (χ0) is 24.2. The number of anilines is 1. The number of amides is 2. The highest BCUT2D eigenvalue weighted by molar-refractivity contribution is 14.1. The first-order chi connectivity index (χ1) is 16.4. The highest BCUT2D eigenvalue weighted by atomic mass is 127. The molecular weight excluding hydrogens is 653 g/mol. The van der Waals surface area contributed by atoms with Crippen LogP contribution in [-0.2, 0) is 11.4 Å². The number of nitrogens with zero attached hydrogens (tertiary/aromatic N) is 1. The van der Waals surface area contributed by atoms with E-state index in [9.17, 15) is 9.59 Å². The van der Waals surface area contributed by atoms with Crippen LogP contribution in [-0.4, -0.2) is 17.8 Å². The van der Waals surface area contributed by atoms with Crippen molar-refractivity contribution < 1.29 is 19.1 Å². The first-order valence-corrected chi connectivity index (χ1v) is 13.3. The fourth-order valence-electron chi connectivity index (χ4n) is 3.27. The summed E-state index contributed by atoms with van der Waals surface area (Å²) in [5, 5.41) is -0.0509. The quantitative estimate of drug-likeness (QED) is 0.189. The topological polar surface area (TPSA) is 55.8 Å². The standard InChI is InChI=1S/C25H18BrClINO4S/c1-2-32-21-12-16(11-19(28)23(21)33-14-15-7-9-17(26)10-8-15)13-22-24(30)29(25(31)34-22)20-6-4-3-5-18(20)27/h3-13H,2,14H2,1H3/b22-13-. The van der Waals surface area contributed by atoms with Crippen LogP contribution in [0.15, 0.2) is 70.0 Å². The van der Waals surface area contributed by atoms with Gasteiger partial charge in [0.2, 0.25) is 0 Å². The minimum absolute atomic E-state index is 0.312. The van der Waals surface area contributed by atoms with Crippen LogP contribution in [0.2, 0.25) is 5.02 Å². The van der Waals surface area contributed by atoms with Gasteiger partial charge < -0.3 is 9.47 Å². The average molecular weight is 671 g/mol. The minimum Gasteiger partial charge on any atom is -0.490 e. The van der Waals surface area contributed by atoms with Gasteiger partial charge in [-0.15, -0.1) is 0 Å². The molecule has 174 valence electrons. The number of hydrogen-bond acceptors (Lipinski definition) is 5. The van der Waals surface area contributed by atoms with Crippen LogP contribution in [0.3, 0.4) is 0 Å². The number of imide groups is 1. The van der Waals surface area contributed by atoms with Gasteiger partial charge in [0.15, 0.2) is 11.5 Å². The lowest BCUT2D eigenvalue weighted by Crippen LogP contribution is -2.27. The van der Waals surface area contributed by atoms with Gasteiger partial charge >= 0.3 is 0 Å². The lowest BCUT2D eigenvalue weighted by molar-refractivity contribution is -0.113. The molecule has 1 saturated heterocycles. The van der Waals surface area contributed by atoms with Crippen LogP contribution in [0.4, 0.5) is 10.5 Å². The highest BCUT2D eigenvalue weighted by Crippen LogP contribution is 2.40. The van der Waals surface area contributed by atoms with Crippen molar-refractivity contribution in [3.63, 3.8) is 0 Å². The molecule has 3 aromatic carbocycles. The molecule has 9 heteroatoms. The summed E-state index contributed by atoms with van der Waals surface area (Å²) in [6, 6.07) is 18.4. The number of halogens is 3. The van der Waals surface area contributed by atoms with Gasteiger partial charge in [-0.3, -0.25) is 9.59 Å². The van der Waals surface area contributed by atoms with Gasteiger partial charge in [-0.25, -0.2) is 4.90 Å². The van der Waals surface area contributed by atoms with Crippen molar-refractivity contribution in [2.75, 3.05) is 11.5 Å². The van der Waals surface area contributed by atoms with E-state index >= 15 is 0 Å². The first-order valence-electron chi connectivity index (χ1n) is 10.2. The summed E-state index contributed by atoms with van der Waals surface area (Å²) in [6.45, 7) is 2.74. The summed E-state index contributed by atoms with van der Waals surface area (Å²) in [6.07, 6.45) is 1.69. The van der Waals surface area contributed by atoms with Crippen LogP contribution in [0.5, 0.6) is 11.5 Å². The molecule has 0 radical (unpaired) electrons. The number of carbonyl (C=O) groups excluding carboxylic acids is 2. The zero-order valence-corrected chi connectivity index (χ0v) is 23.2. The maximum atomic E-state index is 13.0. The Kier molecular flexibility index (Phi) is 8.23. The SMILES string of the molecule is CCOc1cc(/C=C2\SC(=O)N(c3ccccc3Cl)C2=O)cc(I)c1OCc1ccc(Br)cc1. The van der Waals surface area contributed by atoms with Crippen molar-refractivity contribution in [3.8, 4) is 11.5 Å². The molecule has 1 aliphatic heterocycles. The summed E-state index contributed by atoms with van der Waals surface area (Å²) >= 11 is 12.7. The van der Waals surface area contributed by atoms with Crippen molar-refractivity contribution in [1.82, 2.24) is 0 Å².